The van der Waals surface area contributed by atoms with Crippen molar-refractivity contribution in [2.24, 2.45) is 5.14 Å². The number of fused-ring (bicyclic) bond motifs is 2. The number of likely N-dealkylation sites (N-methyl/N-ethyl adjacent to an activating group) is 1. The monoisotopic (exact) mass is 938 g/mol. The zero-order valence-corrected chi connectivity index (χ0v) is 40.0. The van der Waals surface area contributed by atoms with Crippen LogP contribution in [0, 0.1) is 22.7 Å². The standard InChI is InChI=1S/C51H54N8O4S3/c1-35(46-13-15-48(64-46)41-7-5-39-31-43(11-9-37(39)29-41)58-22-18-56(3)19-23-58)45(33-52)51(60)55-17-4-27-63-28-26-57-20-24-59(25-21-57)44-12-10-38-30-42(8-6-40(38)32-44)49-16-14-47(65-49)36(2)50(34-53)66(54,61)62/h5-16,29-32H,4,17-28H2,1-3H3,(H,55,60)(H2,54,61,62)/b45-35+,50-36+. The number of carbonyl (C=O) groups excluding carboxylic acids is 1. The molecule has 0 bridgehead atoms. The minimum absolute atomic E-state index is 0.132. The van der Waals surface area contributed by atoms with Gasteiger partial charge in [0.2, 0.25) is 10.0 Å². The number of sulfonamides is 1. The van der Waals surface area contributed by atoms with E-state index in [9.17, 15) is 23.7 Å². The van der Waals surface area contributed by atoms with Crippen LogP contribution in [-0.4, -0.2) is 110 Å². The molecule has 2 aliphatic heterocycles. The summed E-state index contributed by atoms with van der Waals surface area (Å²) in [6, 6.07) is 37.8. The highest BCUT2D eigenvalue weighted by Gasteiger charge is 2.21. The second-order valence-electron chi connectivity index (χ2n) is 16.9. The number of hydrogen-bond acceptors (Lipinski definition) is 12. The Morgan fingerprint density at radius 3 is 1.73 bits per heavy atom. The number of allylic oxidation sites excluding steroid dienone is 3. The van der Waals surface area contributed by atoms with Gasteiger partial charge in [-0.05, 0) is 132 Å². The molecule has 4 heterocycles. The number of rotatable bonds is 15. The van der Waals surface area contributed by atoms with Crippen molar-refractivity contribution in [1.29, 1.82) is 10.5 Å². The second-order valence-corrected chi connectivity index (χ2v) is 20.5. The zero-order chi connectivity index (χ0) is 46.4. The molecule has 1 amide bonds. The van der Waals surface area contributed by atoms with E-state index in [-0.39, 0.29) is 11.5 Å². The van der Waals surface area contributed by atoms with Crippen molar-refractivity contribution >= 4 is 82.7 Å². The number of thiophene rings is 2. The molecule has 15 heteroatoms. The summed E-state index contributed by atoms with van der Waals surface area (Å²) < 4.78 is 29.7. The molecule has 8 rings (SSSR count). The van der Waals surface area contributed by atoms with Gasteiger partial charge in [-0.15, -0.1) is 22.7 Å². The van der Waals surface area contributed by atoms with E-state index >= 15 is 0 Å². The van der Waals surface area contributed by atoms with Crippen LogP contribution in [0.1, 0.15) is 30.0 Å². The summed E-state index contributed by atoms with van der Waals surface area (Å²) in [7, 11) is -1.93. The van der Waals surface area contributed by atoms with Gasteiger partial charge in [-0.1, -0.05) is 36.4 Å². The molecule has 2 fully saturated rings. The van der Waals surface area contributed by atoms with Crippen molar-refractivity contribution in [2.75, 3.05) is 95.5 Å². The number of nitrogens with zero attached hydrogens (tertiary/aromatic N) is 6. The lowest BCUT2D eigenvalue weighted by Crippen LogP contribution is -2.47. The van der Waals surface area contributed by atoms with Crippen molar-refractivity contribution in [3.05, 3.63) is 117 Å². The predicted octanol–water partition coefficient (Wildman–Crippen LogP) is 8.39. The van der Waals surface area contributed by atoms with Crippen molar-refractivity contribution in [2.45, 2.75) is 20.3 Å². The van der Waals surface area contributed by atoms with E-state index in [2.05, 4.69) is 117 Å². The summed E-state index contributed by atoms with van der Waals surface area (Å²) >= 11 is 3.02. The Labute approximate surface area is 395 Å². The second kappa shape index (κ2) is 20.7. The first kappa shape index (κ1) is 46.6. The van der Waals surface area contributed by atoms with Crippen LogP contribution < -0.4 is 20.3 Å². The Balaban J connectivity index is 0.753. The van der Waals surface area contributed by atoms with E-state index < -0.39 is 14.9 Å². The fraction of sp³-hybridized carbons (Fsp3) is 0.314. The molecule has 12 nitrogen and oxygen atoms in total. The molecule has 340 valence electrons. The number of benzene rings is 4. The Morgan fingerprint density at radius 1 is 0.682 bits per heavy atom. The Bertz CT molecular complexity index is 3020. The lowest BCUT2D eigenvalue weighted by Gasteiger charge is -2.36. The van der Waals surface area contributed by atoms with Gasteiger partial charge >= 0.3 is 0 Å². The molecule has 0 unspecified atom stereocenters. The third-order valence-corrected chi connectivity index (χ3v) is 16.0. The molecule has 4 aromatic carbocycles. The molecule has 0 spiro atoms. The minimum Gasteiger partial charge on any atom is -0.380 e. The fourth-order valence-corrected chi connectivity index (χ4v) is 11.3. The number of anilines is 2. The number of ether oxygens (including phenoxy) is 1. The molecule has 2 aromatic heterocycles. The summed E-state index contributed by atoms with van der Waals surface area (Å²) in [5, 5.41) is 32.2. The van der Waals surface area contributed by atoms with Gasteiger partial charge in [-0.3, -0.25) is 9.69 Å². The molecule has 0 radical (unpaired) electrons. The number of nitrogens with two attached hydrogens (primary N) is 1. The lowest BCUT2D eigenvalue weighted by atomic mass is 10.0. The number of carbonyl (C=O) groups is 1. The maximum atomic E-state index is 13.1. The summed E-state index contributed by atoms with van der Waals surface area (Å²) in [5.74, 6) is -0.362. The van der Waals surface area contributed by atoms with Gasteiger partial charge in [-0.25, -0.2) is 13.6 Å². The normalized spacial score (nSPS) is 15.9. The number of hydrogen-bond donors (Lipinski definition) is 2. The van der Waals surface area contributed by atoms with Crippen molar-refractivity contribution in [3.63, 3.8) is 0 Å². The molecule has 66 heavy (non-hydrogen) atoms. The number of nitrogens with one attached hydrogen (secondary N) is 1. The topological polar surface area (TPSA) is 159 Å². The predicted molar refractivity (Wildman–Crippen MR) is 271 cm³/mol. The lowest BCUT2D eigenvalue weighted by molar-refractivity contribution is -0.117. The molecule has 3 N–H and O–H groups in total. The Kier molecular flexibility index (Phi) is 14.7. The molecule has 2 aliphatic rings. The molecule has 0 aliphatic carbocycles. The van der Waals surface area contributed by atoms with E-state index in [1.165, 1.54) is 33.5 Å². The highest BCUT2D eigenvalue weighted by atomic mass is 32.2. The SMILES string of the molecule is C/C(=C(/C#N)C(=O)NCCCOCCN1CCN(c2ccc3cc(-c4ccc(/C(C)=C(\C#N)S(N)(=O)=O)s4)ccc3c2)CC1)c1ccc(-c2ccc3cc(N4CCN(C)CC4)ccc3c2)s1. The van der Waals surface area contributed by atoms with Crippen molar-refractivity contribution in [3.8, 4) is 33.0 Å². The maximum absolute atomic E-state index is 13.1. The Hall–Kier alpha value is -5.88. The summed E-state index contributed by atoms with van der Waals surface area (Å²) in [6.45, 7) is 13.7. The van der Waals surface area contributed by atoms with E-state index in [0.29, 0.717) is 42.2 Å². The molecule has 0 saturated carbocycles. The minimum atomic E-state index is -4.10. The summed E-state index contributed by atoms with van der Waals surface area (Å²) in [5.41, 5.74) is 5.73. The van der Waals surface area contributed by atoms with Crippen molar-refractivity contribution in [1.82, 2.24) is 15.1 Å². The molecule has 6 aromatic rings. The van der Waals surface area contributed by atoms with Gasteiger partial charge in [0.25, 0.3) is 5.91 Å². The molecule has 2 saturated heterocycles. The molecule has 0 atom stereocenters. The molecular formula is C51H54N8O4S3. The third kappa shape index (κ3) is 10.9. The summed E-state index contributed by atoms with van der Waals surface area (Å²) in [4.78, 5) is 26.0. The van der Waals surface area contributed by atoms with E-state index in [1.807, 2.05) is 25.1 Å². The highest BCUT2D eigenvalue weighted by Crippen LogP contribution is 2.37. The smallest absolute Gasteiger partial charge is 0.262 e. The van der Waals surface area contributed by atoms with Crippen molar-refractivity contribution < 1.29 is 17.9 Å². The van der Waals surface area contributed by atoms with Gasteiger partial charge in [0.1, 0.15) is 17.7 Å². The average Bonchev–Trinajstić information content (AvgIpc) is 4.03. The maximum Gasteiger partial charge on any atom is 0.262 e. The van der Waals surface area contributed by atoms with Crippen LogP contribution in [0.4, 0.5) is 11.4 Å². The number of piperazine rings is 2. The van der Waals surface area contributed by atoms with E-state index in [4.69, 9.17) is 9.88 Å². The zero-order valence-electron chi connectivity index (χ0n) is 37.5. The largest absolute Gasteiger partial charge is 0.380 e. The van der Waals surface area contributed by atoms with Crippen LogP contribution in [0.3, 0.4) is 0 Å². The van der Waals surface area contributed by atoms with Gasteiger partial charge < -0.3 is 24.8 Å². The van der Waals surface area contributed by atoms with Crippen LogP contribution in [0.5, 0.6) is 0 Å². The van der Waals surface area contributed by atoms with Crippen LogP contribution >= 0.6 is 22.7 Å². The van der Waals surface area contributed by atoms with Crippen LogP contribution in [0.25, 0.3) is 53.6 Å². The van der Waals surface area contributed by atoms with Gasteiger partial charge in [-0.2, -0.15) is 10.5 Å². The Morgan fingerprint density at radius 2 is 1.20 bits per heavy atom. The summed E-state index contributed by atoms with van der Waals surface area (Å²) in [6.07, 6.45) is 0.651. The fourth-order valence-electron chi connectivity index (χ4n) is 8.51. The first-order valence-electron chi connectivity index (χ1n) is 22.2. The van der Waals surface area contributed by atoms with Gasteiger partial charge in [0, 0.05) is 103 Å². The van der Waals surface area contributed by atoms with Gasteiger partial charge in [0.15, 0.2) is 4.91 Å². The highest BCUT2D eigenvalue weighted by molar-refractivity contribution is 7.93. The average molecular weight is 939 g/mol. The number of amides is 1. The van der Waals surface area contributed by atoms with Crippen LogP contribution in [-0.2, 0) is 19.6 Å². The number of nitriles is 2. The number of primary sulfonamides is 1. The van der Waals surface area contributed by atoms with Crippen LogP contribution in [0.2, 0.25) is 0 Å². The third-order valence-electron chi connectivity index (χ3n) is 12.5. The first-order valence-corrected chi connectivity index (χ1v) is 25.4. The van der Waals surface area contributed by atoms with Gasteiger partial charge in [0.05, 0.1) is 6.61 Å². The van der Waals surface area contributed by atoms with E-state index in [0.717, 1.165) is 95.4 Å². The quantitative estimate of drug-likeness (QED) is 0.0582. The van der Waals surface area contributed by atoms with Crippen LogP contribution in [0.15, 0.2) is 108 Å². The first-order chi connectivity index (χ1) is 31.9. The molecular weight excluding hydrogens is 885 g/mol. The van der Waals surface area contributed by atoms with E-state index in [1.54, 1.807) is 24.3 Å².